The Hall–Kier alpha value is -2.70. The van der Waals surface area contributed by atoms with Gasteiger partial charge in [-0.25, -0.2) is 0 Å². The molecule has 7 heteroatoms. The van der Waals surface area contributed by atoms with Crippen molar-refractivity contribution in [2.24, 2.45) is 0 Å². The van der Waals surface area contributed by atoms with Crippen molar-refractivity contribution < 1.29 is 9.59 Å². The molecule has 0 bridgehead atoms. The third-order valence-corrected chi connectivity index (χ3v) is 5.09. The number of nitrogens with one attached hydrogen (secondary N) is 2. The molecule has 0 spiro atoms. The number of aryl methyl sites for hydroxylation is 1. The van der Waals surface area contributed by atoms with Crippen LogP contribution < -0.4 is 10.6 Å². The number of thioether (sulfide) groups is 1. The van der Waals surface area contributed by atoms with Gasteiger partial charge in [-0.1, -0.05) is 29.3 Å². The predicted octanol–water partition coefficient (Wildman–Crippen LogP) is 4.75. The molecule has 3 aromatic rings. The lowest BCUT2D eigenvalue weighted by atomic mass is 10.2. The van der Waals surface area contributed by atoms with Crippen LogP contribution in [0, 0.1) is 6.92 Å². The Morgan fingerprint density at radius 3 is 2.29 bits per heavy atom. The number of aromatic nitrogens is 1. The fourth-order valence-electron chi connectivity index (χ4n) is 2.58. The van der Waals surface area contributed by atoms with Crippen LogP contribution in [0.5, 0.6) is 0 Å². The van der Waals surface area contributed by atoms with Gasteiger partial charge < -0.3 is 15.2 Å². The minimum absolute atomic E-state index is 0.138. The SMILES string of the molecule is Cc1ccc(NC(=O)CSCC(=O)Nc2ccc(Cl)cc2-n2cccc2)cc1. The Balaban J connectivity index is 1.51. The average molecular weight is 414 g/mol. The third-order valence-electron chi connectivity index (χ3n) is 3.92. The summed E-state index contributed by atoms with van der Waals surface area (Å²) < 4.78 is 1.88. The molecule has 1 aromatic heterocycles. The number of halogens is 1. The number of carbonyl (C=O) groups excluding carboxylic acids is 2. The van der Waals surface area contributed by atoms with Crippen molar-refractivity contribution in [3.63, 3.8) is 0 Å². The zero-order chi connectivity index (χ0) is 19.9. The minimum atomic E-state index is -0.177. The number of hydrogen-bond donors (Lipinski definition) is 2. The smallest absolute Gasteiger partial charge is 0.234 e. The molecular formula is C21H20ClN3O2S. The Morgan fingerprint density at radius 1 is 0.964 bits per heavy atom. The van der Waals surface area contributed by atoms with Gasteiger partial charge in [-0.05, 0) is 49.4 Å². The Bertz CT molecular complexity index is 956. The molecule has 2 N–H and O–H groups in total. The summed E-state index contributed by atoms with van der Waals surface area (Å²) in [5, 5.41) is 6.29. The van der Waals surface area contributed by atoms with Crippen molar-refractivity contribution in [1.82, 2.24) is 4.57 Å². The van der Waals surface area contributed by atoms with E-state index < -0.39 is 0 Å². The molecule has 0 radical (unpaired) electrons. The van der Waals surface area contributed by atoms with Gasteiger partial charge in [-0.3, -0.25) is 9.59 Å². The van der Waals surface area contributed by atoms with E-state index in [1.165, 1.54) is 11.8 Å². The van der Waals surface area contributed by atoms with Crippen LogP contribution in [-0.2, 0) is 9.59 Å². The van der Waals surface area contributed by atoms with Crippen molar-refractivity contribution in [1.29, 1.82) is 0 Å². The lowest BCUT2D eigenvalue weighted by Gasteiger charge is -2.12. The van der Waals surface area contributed by atoms with Crippen LogP contribution in [0.1, 0.15) is 5.56 Å². The molecule has 0 aliphatic carbocycles. The maximum Gasteiger partial charge on any atom is 0.234 e. The van der Waals surface area contributed by atoms with E-state index in [2.05, 4.69) is 10.6 Å². The molecule has 1 heterocycles. The average Bonchev–Trinajstić information content (AvgIpc) is 3.19. The van der Waals surface area contributed by atoms with Gasteiger partial charge in [0, 0.05) is 23.1 Å². The van der Waals surface area contributed by atoms with Crippen LogP contribution in [0.3, 0.4) is 0 Å². The summed E-state index contributed by atoms with van der Waals surface area (Å²) in [6.07, 6.45) is 3.76. The maximum absolute atomic E-state index is 12.3. The summed E-state index contributed by atoms with van der Waals surface area (Å²) in [7, 11) is 0. The fraction of sp³-hybridized carbons (Fsp3) is 0.143. The summed E-state index contributed by atoms with van der Waals surface area (Å²) in [6.45, 7) is 1.99. The molecular weight excluding hydrogens is 394 g/mol. The monoisotopic (exact) mass is 413 g/mol. The second-order valence-corrected chi connectivity index (χ2v) is 7.63. The number of benzene rings is 2. The quantitative estimate of drug-likeness (QED) is 0.587. The van der Waals surface area contributed by atoms with Crippen LogP contribution >= 0.6 is 23.4 Å². The highest BCUT2D eigenvalue weighted by Crippen LogP contribution is 2.25. The van der Waals surface area contributed by atoms with Gasteiger partial charge >= 0.3 is 0 Å². The van der Waals surface area contributed by atoms with Gasteiger partial charge in [0.05, 0.1) is 22.9 Å². The zero-order valence-electron chi connectivity index (χ0n) is 15.3. The van der Waals surface area contributed by atoms with Crippen LogP contribution in [0.25, 0.3) is 5.69 Å². The third kappa shape index (κ3) is 5.65. The number of rotatable bonds is 7. The first kappa shape index (κ1) is 20.0. The Kier molecular flexibility index (Phi) is 6.79. The van der Waals surface area contributed by atoms with Crippen molar-refractivity contribution in [2.75, 3.05) is 22.1 Å². The van der Waals surface area contributed by atoms with Crippen molar-refractivity contribution >= 4 is 46.6 Å². The number of carbonyl (C=O) groups is 2. The van der Waals surface area contributed by atoms with E-state index >= 15 is 0 Å². The summed E-state index contributed by atoms with van der Waals surface area (Å²) in [5.41, 5.74) is 3.33. The van der Waals surface area contributed by atoms with E-state index in [4.69, 9.17) is 11.6 Å². The van der Waals surface area contributed by atoms with E-state index in [1.54, 1.807) is 18.2 Å². The first-order valence-electron chi connectivity index (χ1n) is 8.68. The fourth-order valence-corrected chi connectivity index (χ4v) is 3.36. The van der Waals surface area contributed by atoms with Gasteiger partial charge in [0.1, 0.15) is 0 Å². The number of hydrogen-bond acceptors (Lipinski definition) is 3. The molecule has 28 heavy (non-hydrogen) atoms. The molecule has 0 saturated carbocycles. The molecule has 0 atom stereocenters. The highest BCUT2D eigenvalue weighted by atomic mass is 35.5. The minimum Gasteiger partial charge on any atom is -0.325 e. The van der Waals surface area contributed by atoms with Gasteiger partial charge in [0.15, 0.2) is 0 Å². The second kappa shape index (κ2) is 9.48. The topological polar surface area (TPSA) is 63.1 Å². The normalized spacial score (nSPS) is 10.5. The van der Waals surface area contributed by atoms with Crippen LogP contribution in [-0.4, -0.2) is 27.9 Å². The molecule has 2 aromatic carbocycles. The van der Waals surface area contributed by atoms with Crippen molar-refractivity contribution in [3.8, 4) is 5.69 Å². The highest BCUT2D eigenvalue weighted by molar-refractivity contribution is 8.00. The van der Waals surface area contributed by atoms with E-state index in [-0.39, 0.29) is 23.3 Å². The summed E-state index contributed by atoms with van der Waals surface area (Å²) in [5.74, 6) is 0.0616. The van der Waals surface area contributed by atoms with Crippen molar-refractivity contribution in [2.45, 2.75) is 6.92 Å². The second-order valence-electron chi connectivity index (χ2n) is 6.21. The van der Waals surface area contributed by atoms with E-state index in [9.17, 15) is 9.59 Å². The van der Waals surface area contributed by atoms with E-state index in [1.807, 2.05) is 60.3 Å². The Morgan fingerprint density at radius 2 is 1.61 bits per heavy atom. The summed E-state index contributed by atoms with van der Waals surface area (Å²) in [6, 6.07) is 16.7. The van der Waals surface area contributed by atoms with E-state index in [0.717, 1.165) is 16.9 Å². The van der Waals surface area contributed by atoms with Crippen LogP contribution in [0.2, 0.25) is 5.02 Å². The Labute approximate surface area is 173 Å². The predicted molar refractivity (Wildman–Crippen MR) is 117 cm³/mol. The first-order chi connectivity index (χ1) is 13.5. The lowest BCUT2D eigenvalue weighted by Crippen LogP contribution is -2.19. The summed E-state index contributed by atoms with van der Waals surface area (Å²) >= 11 is 7.35. The largest absolute Gasteiger partial charge is 0.325 e. The highest BCUT2D eigenvalue weighted by Gasteiger charge is 2.10. The van der Waals surface area contributed by atoms with Crippen LogP contribution in [0.4, 0.5) is 11.4 Å². The van der Waals surface area contributed by atoms with Gasteiger partial charge in [-0.15, -0.1) is 11.8 Å². The molecule has 0 aliphatic rings. The van der Waals surface area contributed by atoms with Gasteiger partial charge in [0.2, 0.25) is 11.8 Å². The first-order valence-corrected chi connectivity index (χ1v) is 10.2. The summed E-state index contributed by atoms with van der Waals surface area (Å²) in [4.78, 5) is 24.3. The number of anilines is 2. The lowest BCUT2D eigenvalue weighted by molar-refractivity contribution is -0.114. The molecule has 2 amide bonds. The molecule has 5 nitrogen and oxygen atoms in total. The molecule has 3 rings (SSSR count). The molecule has 144 valence electrons. The maximum atomic E-state index is 12.3. The number of amides is 2. The standard InChI is InChI=1S/C21H20ClN3O2S/c1-15-4-7-17(8-5-15)23-20(26)13-28-14-21(27)24-18-9-6-16(22)12-19(18)25-10-2-3-11-25/h2-12H,13-14H2,1H3,(H,23,26)(H,24,27). The molecule has 0 aliphatic heterocycles. The van der Waals surface area contributed by atoms with Gasteiger partial charge in [0.25, 0.3) is 0 Å². The van der Waals surface area contributed by atoms with Crippen molar-refractivity contribution in [3.05, 3.63) is 77.6 Å². The molecule has 0 fully saturated rings. The van der Waals surface area contributed by atoms with E-state index in [0.29, 0.717) is 10.7 Å². The van der Waals surface area contributed by atoms with Crippen LogP contribution in [0.15, 0.2) is 67.0 Å². The zero-order valence-corrected chi connectivity index (χ0v) is 16.9. The molecule has 0 saturated heterocycles. The molecule has 0 unspecified atom stereocenters. The van der Waals surface area contributed by atoms with Gasteiger partial charge in [-0.2, -0.15) is 0 Å². The number of nitrogens with zero attached hydrogens (tertiary/aromatic N) is 1.